The number of carbonyl (C=O) groups is 2. The number of methoxy groups -OCH3 is 3. The average molecular weight is 553 g/mol. The van der Waals surface area contributed by atoms with Crippen molar-refractivity contribution in [3.05, 3.63) is 47.2 Å². The SMILES string of the molecule is COCC(COC)N(C(=O)C1CCC(C)CC1)c1ccc(Oc2ncc(C)cc2C(F)(F)F)cc1C(=O)OC. The van der Waals surface area contributed by atoms with E-state index >= 15 is 0 Å². The highest BCUT2D eigenvalue weighted by atomic mass is 19.4. The molecule has 8 nitrogen and oxygen atoms in total. The van der Waals surface area contributed by atoms with E-state index in [1.807, 2.05) is 0 Å². The van der Waals surface area contributed by atoms with Gasteiger partial charge < -0.3 is 23.8 Å². The Morgan fingerprint density at radius 1 is 1.05 bits per heavy atom. The molecule has 1 saturated carbocycles. The summed E-state index contributed by atoms with van der Waals surface area (Å²) in [6.45, 7) is 3.90. The summed E-state index contributed by atoms with van der Waals surface area (Å²) < 4.78 is 62.1. The second-order valence-corrected chi connectivity index (χ2v) is 9.87. The standard InChI is InChI=1S/C28H35F3N2O6/c1-17-6-8-19(9-7-17)26(34)33(20(15-36-3)16-37-4)24-11-10-21(13-22(24)27(35)38-5)39-25-23(28(29,30)31)12-18(2)14-32-25/h10-14,17,19-20H,6-9,15-16H2,1-5H3. The molecule has 0 unspecified atom stereocenters. The topological polar surface area (TPSA) is 87.2 Å². The van der Waals surface area contributed by atoms with Crippen LogP contribution in [0.2, 0.25) is 0 Å². The van der Waals surface area contributed by atoms with Gasteiger partial charge in [0.15, 0.2) is 0 Å². The highest BCUT2D eigenvalue weighted by Gasteiger charge is 2.37. The van der Waals surface area contributed by atoms with Gasteiger partial charge in [0.05, 0.1) is 37.6 Å². The Hall–Kier alpha value is -3.18. The van der Waals surface area contributed by atoms with Crippen molar-refractivity contribution < 1.29 is 41.7 Å². The number of esters is 1. The van der Waals surface area contributed by atoms with E-state index in [0.29, 0.717) is 24.3 Å². The summed E-state index contributed by atoms with van der Waals surface area (Å²) in [6.07, 6.45) is -0.218. The minimum Gasteiger partial charge on any atom is -0.465 e. The molecule has 0 N–H and O–H groups in total. The number of ether oxygens (including phenoxy) is 4. The summed E-state index contributed by atoms with van der Waals surface area (Å²) in [6, 6.07) is 4.47. The molecule has 0 spiro atoms. The van der Waals surface area contributed by atoms with Crippen molar-refractivity contribution in [2.75, 3.05) is 39.4 Å². The number of benzene rings is 1. The van der Waals surface area contributed by atoms with Crippen LogP contribution in [-0.2, 0) is 25.2 Å². The lowest BCUT2D eigenvalue weighted by Crippen LogP contribution is -2.49. The van der Waals surface area contributed by atoms with Gasteiger partial charge in [-0.2, -0.15) is 13.2 Å². The van der Waals surface area contributed by atoms with Crippen molar-refractivity contribution in [1.29, 1.82) is 0 Å². The normalized spacial score (nSPS) is 17.7. The Morgan fingerprint density at radius 2 is 1.69 bits per heavy atom. The lowest BCUT2D eigenvalue weighted by Gasteiger charge is -2.36. The molecular weight excluding hydrogens is 517 g/mol. The van der Waals surface area contributed by atoms with E-state index in [1.54, 1.807) is 0 Å². The van der Waals surface area contributed by atoms with Gasteiger partial charge in [-0.05, 0) is 68.4 Å². The molecule has 1 fully saturated rings. The van der Waals surface area contributed by atoms with E-state index in [0.717, 1.165) is 18.9 Å². The Labute approximate surface area is 226 Å². The fourth-order valence-corrected chi connectivity index (χ4v) is 4.80. The molecule has 11 heteroatoms. The van der Waals surface area contributed by atoms with Crippen LogP contribution in [-0.4, -0.2) is 57.4 Å². The largest absolute Gasteiger partial charge is 0.465 e. The van der Waals surface area contributed by atoms with Crippen LogP contribution in [0, 0.1) is 18.8 Å². The Morgan fingerprint density at radius 3 is 2.26 bits per heavy atom. The molecule has 0 bridgehead atoms. The van der Waals surface area contributed by atoms with Gasteiger partial charge in [0.1, 0.15) is 11.3 Å². The maximum absolute atomic E-state index is 13.9. The summed E-state index contributed by atoms with van der Waals surface area (Å²) in [7, 11) is 4.18. The number of rotatable bonds is 10. The van der Waals surface area contributed by atoms with Gasteiger partial charge in [0.25, 0.3) is 0 Å². The van der Waals surface area contributed by atoms with Gasteiger partial charge in [-0.15, -0.1) is 0 Å². The lowest BCUT2D eigenvalue weighted by molar-refractivity contribution is -0.139. The number of aryl methyl sites for hydroxylation is 1. The van der Waals surface area contributed by atoms with Crippen LogP contribution in [0.3, 0.4) is 0 Å². The molecule has 1 aromatic heterocycles. The Balaban J connectivity index is 2.08. The number of hydrogen-bond donors (Lipinski definition) is 0. The van der Waals surface area contributed by atoms with Gasteiger partial charge >= 0.3 is 12.1 Å². The van der Waals surface area contributed by atoms with Crippen molar-refractivity contribution in [2.24, 2.45) is 11.8 Å². The van der Waals surface area contributed by atoms with Crippen LogP contribution < -0.4 is 9.64 Å². The first-order chi connectivity index (χ1) is 18.5. The molecular formula is C28H35F3N2O6. The molecule has 1 amide bonds. The molecule has 1 aromatic carbocycles. The minimum absolute atomic E-state index is 0.0506. The number of aromatic nitrogens is 1. The molecule has 3 rings (SSSR count). The number of halogens is 3. The maximum Gasteiger partial charge on any atom is 0.421 e. The molecule has 1 aliphatic carbocycles. The summed E-state index contributed by atoms with van der Waals surface area (Å²) in [5.74, 6) is -1.43. The van der Waals surface area contributed by atoms with Gasteiger partial charge in [-0.25, -0.2) is 9.78 Å². The van der Waals surface area contributed by atoms with E-state index in [2.05, 4.69) is 11.9 Å². The molecule has 1 aliphatic rings. The summed E-state index contributed by atoms with van der Waals surface area (Å²) in [5, 5.41) is 0. The number of anilines is 1. The maximum atomic E-state index is 13.9. The molecule has 0 radical (unpaired) electrons. The Kier molecular flexibility index (Phi) is 10.3. The van der Waals surface area contributed by atoms with Gasteiger partial charge in [0.2, 0.25) is 11.8 Å². The first-order valence-corrected chi connectivity index (χ1v) is 12.7. The molecule has 39 heavy (non-hydrogen) atoms. The third-order valence-electron chi connectivity index (χ3n) is 6.83. The zero-order valence-corrected chi connectivity index (χ0v) is 22.8. The van der Waals surface area contributed by atoms with Gasteiger partial charge in [0, 0.05) is 26.3 Å². The predicted molar refractivity (Wildman–Crippen MR) is 138 cm³/mol. The summed E-state index contributed by atoms with van der Waals surface area (Å²) >= 11 is 0. The predicted octanol–water partition coefficient (Wildman–Crippen LogP) is 5.81. The minimum atomic E-state index is -4.70. The zero-order valence-electron chi connectivity index (χ0n) is 22.8. The molecule has 0 aliphatic heterocycles. The number of amides is 1. The zero-order chi connectivity index (χ0) is 28.7. The van der Waals surface area contributed by atoms with Crippen LogP contribution >= 0.6 is 0 Å². The second kappa shape index (κ2) is 13.3. The van der Waals surface area contributed by atoms with Crippen molar-refractivity contribution in [3.8, 4) is 11.6 Å². The quantitative estimate of drug-likeness (QED) is 0.344. The number of alkyl halides is 3. The fourth-order valence-electron chi connectivity index (χ4n) is 4.80. The Bertz CT molecular complexity index is 1140. The van der Waals surface area contributed by atoms with Gasteiger partial charge in [-0.1, -0.05) is 6.92 Å². The first kappa shape index (κ1) is 30.4. The average Bonchev–Trinajstić information content (AvgIpc) is 2.90. The molecule has 0 atom stereocenters. The monoisotopic (exact) mass is 552 g/mol. The van der Waals surface area contributed by atoms with Crippen molar-refractivity contribution in [2.45, 2.75) is 51.7 Å². The lowest BCUT2D eigenvalue weighted by atomic mass is 9.82. The fraction of sp³-hybridized carbons (Fsp3) is 0.536. The van der Waals surface area contributed by atoms with Crippen molar-refractivity contribution >= 4 is 17.6 Å². The number of carbonyl (C=O) groups excluding carboxylic acids is 2. The number of nitrogens with zero attached hydrogens (tertiary/aromatic N) is 2. The smallest absolute Gasteiger partial charge is 0.421 e. The third kappa shape index (κ3) is 7.48. The van der Waals surface area contributed by atoms with Crippen LogP contribution in [0.4, 0.5) is 18.9 Å². The van der Waals surface area contributed by atoms with Crippen LogP contribution in [0.15, 0.2) is 30.5 Å². The molecule has 0 saturated heterocycles. The van der Waals surface area contributed by atoms with E-state index in [1.165, 1.54) is 57.5 Å². The van der Waals surface area contributed by atoms with E-state index in [4.69, 9.17) is 18.9 Å². The second-order valence-electron chi connectivity index (χ2n) is 9.87. The molecule has 1 heterocycles. The first-order valence-electron chi connectivity index (χ1n) is 12.7. The highest BCUT2D eigenvalue weighted by Crippen LogP contribution is 2.39. The molecule has 214 valence electrons. The van der Waals surface area contributed by atoms with E-state index < -0.39 is 29.6 Å². The number of hydrogen-bond acceptors (Lipinski definition) is 7. The highest BCUT2D eigenvalue weighted by molar-refractivity contribution is 6.04. The van der Waals surface area contributed by atoms with E-state index in [-0.39, 0.29) is 42.0 Å². The van der Waals surface area contributed by atoms with Crippen molar-refractivity contribution in [1.82, 2.24) is 4.98 Å². The third-order valence-corrected chi connectivity index (χ3v) is 6.83. The van der Waals surface area contributed by atoms with Gasteiger partial charge in [-0.3, -0.25) is 4.79 Å². The van der Waals surface area contributed by atoms with Crippen molar-refractivity contribution in [3.63, 3.8) is 0 Å². The summed E-state index contributed by atoms with van der Waals surface area (Å²) in [4.78, 5) is 32.1. The summed E-state index contributed by atoms with van der Waals surface area (Å²) in [5.41, 5.74) is -0.557. The van der Waals surface area contributed by atoms with E-state index in [9.17, 15) is 22.8 Å². The van der Waals surface area contributed by atoms with Crippen LogP contribution in [0.5, 0.6) is 11.6 Å². The molecule has 2 aromatic rings. The van der Waals surface area contributed by atoms with Crippen LogP contribution in [0.1, 0.15) is 54.1 Å². The number of pyridine rings is 1. The van der Waals surface area contributed by atoms with Crippen LogP contribution in [0.25, 0.3) is 0 Å².